The highest BCUT2D eigenvalue weighted by Gasteiger charge is 2.26. The van der Waals surface area contributed by atoms with Crippen molar-refractivity contribution in [2.24, 2.45) is 0 Å². The summed E-state index contributed by atoms with van der Waals surface area (Å²) in [5, 5.41) is 9.56. The van der Waals surface area contributed by atoms with E-state index in [1.54, 1.807) is 0 Å². The molecule has 1 unspecified atom stereocenters. The van der Waals surface area contributed by atoms with Crippen LogP contribution in [0.2, 0.25) is 0 Å². The summed E-state index contributed by atoms with van der Waals surface area (Å²) in [6, 6.07) is 0.288. The van der Waals surface area contributed by atoms with E-state index < -0.39 is 5.97 Å². The molecule has 2 aromatic rings. The molecule has 0 aliphatic carbocycles. The topological polar surface area (TPSA) is 90.1 Å². The molecule has 0 aromatic carbocycles. The van der Waals surface area contributed by atoms with E-state index in [-0.39, 0.29) is 11.8 Å². The predicted octanol–water partition coefficient (Wildman–Crippen LogP) is 1.69. The number of imidazole rings is 1. The lowest BCUT2D eigenvalue weighted by molar-refractivity contribution is -0.133. The zero-order chi connectivity index (χ0) is 14.8. The van der Waals surface area contributed by atoms with E-state index in [1.807, 2.05) is 16.3 Å². The second-order valence-corrected chi connectivity index (χ2v) is 6.61. The van der Waals surface area contributed by atoms with Crippen LogP contribution in [0.15, 0.2) is 11.5 Å². The van der Waals surface area contributed by atoms with Crippen LogP contribution in [0.5, 0.6) is 5.88 Å². The van der Waals surface area contributed by atoms with Crippen molar-refractivity contribution in [1.82, 2.24) is 19.5 Å². The molecule has 0 radical (unpaired) electrons. The van der Waals surface area contributed by atoms with Crippen LogP contribution in [0.1, 0.15) is 12.5 Å². The van der Waals surface area contributed by atoms with Gasteiger partial charge in [-0.15, -0.1) is 0 Å². The molecule has 0 spiro atoms. The minimum atomic E-state index is -0.863. The maximum atomic E-state index is 10.8. The molecule has 1 atom stereocenters. The Balaban J connectivity index is 2.09. The molecule has 3 heterocycles. The molecule has 7 nitrogen and oxygen atoms in total. The number of fused-ring (bicyclic) bond motifs is 1. The Morgan fingerprint density at radius 3 is 3.14 bits per heavy atom. The quantitative estimate of drug-likeness (QED) is 0.830. The van der Waals surface area contributed by atoms with Gasteiger partial charge in [-0.1, -0.05) is 11.8 Å². The summed E-state index contributed by atoms with van der Waals surface area (Å²) in [5.74, 6) is 1.60. The lowest BCUT2D eigenvalue weighted by Gasteiger charge is -2.14. The second-order valence-electron chi connectivity index (χ2n) is 4.52. The van der Waals surface area contributed by atoms with E-state index in [9.17, 15) is 4.79 Å². The molecule has 1 aliphatic heterocycles. The van der Waals surface area contributed by atoms with E-state index in [2.05, 4.69) is 15.0 Å². The highest BCUT2D eigenvalue weighted by atomic mass is 32.2. The Kier molecular flexibility index (Phi) is 4.20. The van der Waals surface area contributed by atoms with Gasteiger partial charge in [0.1, 0.15) is 6.33 Å². The highest BCUT2D eigenvalue weighted by Crippen LogP contribution is 2.36. The standard InChI is InChI=1S/C12H14N4O3S2/c1-19-11-9-10(13-6-14-11)16(7-2-3-20-4-7)12(15-9)21-5-8(17)18/h6-7H,2-5H2,1H3,(H,17,18). The van der Waals surface area contributed by atoms with E-state index >= 15 is 0 Å². The third-order valence-corrected chi connectivity index (χ3v) is 5.28. The number of hydrogen-bond donors (Lipinski definition) is 1. The van der Waals surface area contributed by atoms with Crippen LogP contribution in [-0.4, -0.2) is 55.0 Å². The van der Waals surface area contributed by atoms with Crippen molar-refractivity contribution in [2.75, 3.05) is 24.4 Å². The first-order chi connectivity index (χ1) is 10.2. The van der Waals surface area contributed by atoms with Crippen molar-refractivity contribution in [1.29, 1.82) is 0 Å². The summed E-state index contributed by atoms with van der Waals surface area (Å²) < 4.78 is 7.26. The highest BCUT2D eigenvalue weighted by molar-refractivity contribution is 8.00. The monoisotopic (exact) mass is 326 g/mol. The maximum absolute atomic E-state index is 10.8. The van der Waals surface area contributed by atoms with Gasteiger partial charge in [-0.2, -0.15) is 16.7 Å². The Morgan fingerprint density at radius 1 is 1.62 bits per heavy atom. The van der Waals surface area contributed by atoms with Gasteiger partial charge in [-0.3, -0.25) is 9.36 Å². The lowest BCUT2D eigenvalue weighted by Crippen LogP contribution is -2.11. The fraction of sp³-hybridized carbons (Fsp3) is 0.500. The third-order valence-electron chi connectivity index (χ3n) is 3.20. The van der Waals surface area contributed by atoms with Crippen molar-refractivity contribution < 1.29 is 14.6 Å². The predicted molar refractivity (Wildman–Crippen MR) is 81.2 cm³/mol. The molecule has 1 aliphatic rings. The van der Waals surface area contributed by atoms with Crippen molar-refractivity contribution in [2.45, 2.75) is 17.6 Å². The average molecular weight is 326 g/mol. The molecule has 2 aromatic heterocycles. The molecule has 9 heteroatoms. The van der Waals surface area contributed by atoms with Gasteiger partial charge in [0.25, 0.3) is 0 Å². The van der Waals surface area contributed by atoms with Crippen molar-refractivity contribution >= 4 is 40.7 Å². The first-order valence-electron chi connectivity index (χ1n) is 6.40. The minimum Gasteiger partial charge on any atom is -0.481 e. The van der Waals surface area contributed by atoms with Gasteiger partial charge in [0.15, 0.2) is 16.3 Å². The number of carboxylic acid groups (broad SMARTS) is 1. The van der Waals surface area contributed by atoms with Gasteiger partial charge >= 0.3 is 5.97 Å². The summed E-state index contributed by atoms with van der Waals surface area (Å²) in [4.78, 5) is 23.7. The maximum Gasteiger partial charge on any atom is 0.313 e. The molecule has 112 valence electrons. The molecule has 3 rings (SSSR count). The number of aliphatic carboxylic acids is 1. The number of nitrogens with zero attached hydrogens (tertiary/aromatic N) is 4. The number of hydrogen-bond acceptors (Lipinski definition) is 7. The van der Waals surface area contributed by atoms with E-state index in [0.29, 0.717) is 22.2 Å². The van der Waals surface area contributed by atoms with E-state index in [1.165, 1.54) is 25.2 Å². The third kappa shape index (κ3) is 2.80. The summed E-state index contributed by atoms with van der Waals surface area (Å²) in [7, 11) is 1.54. The van der Waals surface area contributed by atoms with Crippen LogP contribution in [0, 0.1) is 0 Å². The largest absolute Gasteiger partial charge is 0.481 e. The molecular weight excluding hydrogens is 312 g/mol. The van der Waals surface area contributed by atoms with Gasteiger partial charge in [-0.05, 0) is 12.2 Å². The number of methoxy groups -OCH3 is 1. The summed E-state index contributed by atoms with van der Waals surface area (Å²) in [5.41, 5.74) is 1.30. The number of thioether (sulfide) groups is 2. The van der Waals surface area contributed by atoms with Crippen molar-refractivity contribution in [3.63, 3.8) is 0 Å². The normalized spacial score (nSPS) is 18.2. The Bertz CT molecular complexity index is 670. The molecule has 21 heavy (non-hydrogen) atoms. The molecule has 1 fully saturated rings. The molecule has 1 saturated heterocycles. The molecule has 0 bridgehead atoms. The molecular formula is C12H14N4O3S2. The van der Waals surface area contributed by atoms with Gasteiger partial charge < -0.3 is 9.84 Å². The summed E-state index contributed by atoms with van der Waals surface area (Å²) in [6.45, 7) is 0. The summed E-state index contributed by atoms with van der Waals surface area (Å²) >= 11 is 3.09. The molecule has 1 N–H and O–H groups in total. The minimum absolute atomic E-state index is 0.0288. The fourth-order valence-electron chi connectivity index (χ4n) is 2.30. The molecule has 0 amide bonds. The van der Waals surface area contributed by atoms with Gasteiger partial charge in [0.2, 0.25) is 5.88 Å². The zero-order valence-corrected chi connectivity index (χ0v) is 13.0. The first kappa shape index (κ1) is 14.5. The Hall–Kier alpha value is -1.48. The Morgan fingerprint density at radius 2 is 2.48 bits per heavy atom. The van der Waals surface area contributed by atoms with Crippen LogP contribution in [0.3, 0.4) is 0 Å². The van der Waals surface area contributed by atoms with Crippen molar-refractivity contribution in [3.05, 3.63) is 6.33 Å². The molecule has 0 saturated carbocycles. The van der Waals surface area contributed by atoms with Crippen LogP contribution in [0.4, 0.5) is 0 Å². The van der Waals surface area contributed by atoms with Crippen LogP contribution >= 0.6 is 23.5 Å². The van der Waals surface area contributed by atoms with Crippen LogP contribution < -0.4 is 4.74 Å². The second kappa shape index (κ2) is 6.10. The van der Waals surface area contributed by atoms with E-state index in [4.69, 9.17) is 9.84 Å². The van der Waals surface area contributed by atoms with Gasteiger partial charge in [0.05, 0.1) is 12.9 Å². The zero-order valence-electron chi connectivity index (χ0n) is 11.4. The number of ether oxygens (including phenoxy) is 1. The summed E-state index contributed by atoms with van der Waals surface area (Å²) in [6.07, 6.45) is 2.48. The number of rotatable bonds is 5. The van der Waals surface area contributed by atoms with E-state index in [0.717, 1.165) is 17.9 Å². The first-order valence-corrected chi connectivity index (χ1v) is 8.54. The van der Waals surface area contributed by atoms with Gasteiger partial charge in [0, 0.05) is 11.8 Å². The van der Waals surface area contributed by atoms with Crippen molar-refractivity contribution in [3.8, 4) is 5.88 Å². The lowest BCUT2D eigenvalue weighted by atomic mass is 10.2. The fourth-order valence-corrected chi connectivity index (χ4v) is 4.28. The number of carboxylic acids is 1. The van der Waals surface area contributed by atoms with Gasteiger partial charge in [-0.25, -0.2) is 9.97 Å². The average Bonchev–Trinajstić information content (AvgIpc) is 3.10. The SMILES string of the molecule is COc1ncnc2c1nc(SCC(=O)O)n2C1CCSC1. The van der Waals surface area contributed by atoms with Crippen LogP contribution in [0.25, 0.3) is 11.2 Å². The van der Waals surface area contributed by atoms with Crippen LogP contribution in [-0.2, 0) is 4.79 Å². The Labute approximate surface area is 129 Å². The number of aromatic nitrogens is 4. The number of carbonyl (C=O) groups is 1. The smallest absolute Gasteiger partial charge is 0.313 e.